The highest BCUT2D eigenvalue weighted by atomic mass is 32.2. The van der Waals surface area contributed by atoms with Gasteiger partial charge >= 0.3 is 0 Å². The van der Waals surface area contributed by atoms with Crippen LogP contribution in [0.1, 0.15) is 20.3 Å². The SMILES string of the molecule is CC(C)[C@H](NS(=O)(=O)c1ccc2c(c1)OCCCO2)C(=O)Nc1ccc(-n2cnnn2)cc1. The predicted molar refractivity (Wildman–Crippen MR) is 119 cm³/mol. The van der Waals surface area contributed by atoms with Gasteiger partial charge in [0.25, 0.3) is 0 Å². The number of benzene rings is 2. The van der Waals surface area contributed by atoms with E-state index in [0.717, 1.165) is 0 Å². The summed E-state index contributed by atoms with van der Waals surface area (Å²) in [6, 6.07) is 10.3. The molecule has 12 heteroatoms. The highest BCUT2D eigenvalue weighted by Gasteiger charge is 2.29. The van der Waals surface area contributed by atoms with Gasteiger partial charge in [-0.2, -0.15) is 4.72 Å². The number of carbonyl (C=O) groups is 1. The summed E-state index contributed by atoms with van der Waals surface area (Å²) in [6.45, 7) is 4.47. The molecule has 0 saturated heterocycles. The minimum absolute atomic E-state index is 0.00371. The Morgan fingerprint density at radius 2 is 1.79 bits per heavy atom. The summed E-state index contributed by atoms with van der Waals surface area (Å²) in [6.07, 6.45) is 2.16. The monoisotopic (exact) mass is 472 g/mol. The third-order valence-corrected chi connectivity index (χ3v) is 6.45. The van der Waals surface area contributed by atoms with Gasteiger partial charge in [0.15, 0.2) is 11.5 Å². The number of rotatable bonds is 7. The van der Waals surface area contributed by atoms with Crippen LogP contribution >= 0.6 is 0 Å². The number of nitrogens with zero attached hydrogens (tertiary/aromatic N) is 4. The molecule has 1 aliphatic rings. The predicted octanol–water partition coefficient (Wildman–Crippen LogP) is 1.77. The number of fused-ring (bicyclic) bond motifs is 1. The van der Waals surface area contributed by atoms with E-state index in [-0.39, 0.29) is 10.8 Å². The maximum Gasteiger partial charge on any atom is 0.242 e. The van der Waals surface area contributed by atoms with Gasteiger partial charge in [0.05, 0.1) is 23.8 Å². The van der Waals surface area contributed by atoms with Gasteiger partial charge in [0, 0.05) is 18.2 Å². The summed E-state index contributed by atoms with van der Waals surface area (Å²) >= 11 is 0. The Bertz CT molecular complexity index is 1210. The molecule has 0 saturated carbocycles. The van der Waals surface area contributed by atoms with E-state index in [4.69, 9.17) is 9.47 Å². The molecule has 1 aliphatic heterocycles. The number of sulfonamides is 1. The average Bonchev–Trinajstić information content (AvgIpc) is 3.23. The van der Waals surface area contributed by atoms with Crippen molar-refractivity contribution in [1.29, 1.82) is 0 Å². The molecule has 0 radical (unpaired) electrons. The molecule has 0 aliphatic carbocycles. The number of ether oxygens (including phenoxy) is 2. The normalized spacial score (nSPS) is 14.5. The highest BCUT2D eigenvalue weighted by molar-refractivity contribution is 7.89. The zero-order chi connectivity index (χ0) is 23.4. The quantitative estimate of drug-likeness (QED) is 0.531. The molecule has 2 heterocycles. The second-order valence-electron chi connectivity index (χ2n) is 7.79. The summed E-state index contributed by atoms with van der Waals surface area (Å²) in [5, 5.41) is 13.7. The van der Waals surface area contributed by atoms with Crippen molar-refractivity contribution in [3.63, 3.8) is 0 Å². The third kappa shape index (κ3) is 5.29. The Labute approximate surface area is 191 Å². The molecule has 0 spiro atoms. The molecule has 1 amide bonds. The molecule has 174 valence electrons. The lowest BCUT2D eigenvalue weighted by Crippen LogP contribution is -2.47. The van der Waals surface area contributed by atoms with Crippen molar-refractivity contribution in [2.75, 3.05) is 18.5 Å². The van der Waals surface area contributed by atoms with Gasteiger partial charge < -0.3 is 14.8 Å². The zero-order valence-electron chi connectivity index (χ0n) is 18.1. The van der Waals surface area contributed by atoms with Crippen LogP contribution in [0.25, 0.3) is 5.69 Å². The van der Waals surface area contributed by atoms with Crippen LogP contribution in [-0.4, -0.2) is 53.8 Å². The number of amides is 1. The first-order chi connectivity index (χ1) is 15.8. The Balaban J connectivity index is 1.48. The molecule has 2 N–H and O–H groups in total. The van der Waals surface area contributed by atoms with Crippen LogP contribution in [-0.2, 0) is 14.8 Å². The first-order valence-corrected chi connectivity index (χ1v) is 11.9. The van der Waals surface area contributed by atoms with Crippen molar-refractivity contribution in [3.05, 3.63) is 48.8 Å². The highest BCUT2D eigenvalue weighted by Crippen LogP contribution is 2.32. The number of tetrazole rings is 1. The molecule has 0 bridgehead atoms. The number of anilines is 1. The molecule has 33 heavy (non-hydrogen) atoms. The van der Waals surface area contributed by atoms with Crippen LogP contribution in [0.5, 0.6) is 11.5 Å². The summed E-state index contributed by atoms with van der Waals surface area (Å²) in [7, 11) is -4.00. The maximum absolute atomic E-state index is 13.0. The standard InChI is InChI=1S/C21H24N6O5S/c1-14(2)20(21(28)23-15-4-6-16(7-5-15)27-13-22-25-26-27)24-33(29,30)17-8-9-18-19(12-17)32-11-3-10-31-18/h4-9,12-14,20,24H,3,10-11H2,1-2H3,(H,23,28)/t20-/m0/s1. The van der Waals surface area contributed by atoms with E-state index < -0.39 is 22.0 Å². The Morgan fingerprint density at radius 3 is 2.45 bits per heavy atom. The van der Waals surface area contributed by atoms with Crippen molar-refractivity contribution >= 4 is 21.6 Å². The lowest BCUT2D eigenvalue weighted by atomic mass is 10.0. The lowest BCUT2D eigenvalue weighted by molar-refractivity contribution is -0.118. The summed E-state index contributed by atoms with van der Waals surface area (Å²) in [5.41, 5.74) is 1.23. The Kier molecular flexibility index (Phi) is 6.56. The van der Waals surface area contributed by atoms with Gasteiger partial charge in [0.1, 0.15) is 12.4 Å². The molecule has 11 nitrogen and oxygen atoms in total. The van der Waals surface area contributed by atoms with Gasteiger partial charge in [0.2, 0.25) is 15.9 Å². The zero-order valence-corrected chi connectivity index (χ0v) is 18.9. The number of hydrogen-bond acceptors (Lipinski definition) is 8. The number of aromatic nitrogens is 4. The van der Waals surface area contributed by atoms with Crippen LogP contribution in [0.15, 0.2) is 53.7 Å². The summed E-state index contributed by atoms with van der Waals surface area (Å²) in [4.78, 5) is 12.9. The number of hydrogen-bond donors (Lipinski definition) is 2. The van der Waals surface area contributed by atoms with Crippen molar-refractivity contribution < 1.29 is 22.7 Å². The second kappa shape index (κ2) is 9.55. The van der Waals surface area contributed by atoms with Crippen LogP contribution in [0.2, 0.25) is 0 Å². The van der Waals surface area contributed by atoms with Gasteiger partial charge in [-0.3, -0.25) is 4.79 Å². The van der Waals surface area contributed by atoms with E-state index in [1.54, 1.807) is 44.2 Å². The van der Waals surface area contributed by atoms with Gasteiger partial charge in [-0.15, -0.1) is 5.10 Å². The van der Waals surface area contributed by atoms with Crippen molar-refractivity contribution in [2.24, 2.45) is 5.92 Å². The first-order valence-electron chi connectivity index (χ1n) is 10.4. The van der Waals surface area contributed by atoms with E-state index in [9.17, 15) is 13.2 Å². The van der Waals surface area contributed by atoms with Crippen LogP contribution in [0.3, 0.4) is 0 Å². The summed E-state index contributed by atoms with van der Waals surface area (Å²) < 4.78 is 41.2. The number of nitrogens with one attached hydrogen (secondary N) is 2. The second-order valence-corrected chi connectivity index (χ2v) is 9.51. The van der Waals surface area contributed by atoms with Gasteiger partial charge in [-0.05, 0) is 52.7 Å². The molecule has 0 unspecified atom stereocenters. The molecular weight excluding hydrogens is 448 g/mol. The van der Waals surface area contributed by atoms with Crippen molar-refractivity contribution in [1.82, 2.24) is 24.9 Å². The molecule has 1 aromatic heterocycles. The smallest absolute Gasteiger partial charge is 0.242 e. The fourth-order valence-corrected chi connectivity index (χ4v) is 4.59. The minimum atomic E-state index is -4.00. The van der Waals surface area contributed by atoms with Gasteiger partial charge in [-0.25, -0.2) is 13.1 Å². The molecule has 3 aromatic rings. The first kappa shape index (κ1) is 22.7. The van der Waals surface area contributed by atoms with Crippen molar-refractivity contribution in [3.8, 4) is 17.2 Å². The van der Waals surface area contributed by atoms with Gasteiger partial charge in [-0.1, -0.05) is 13.8 Å². The molecule has 1 atom stereocenters. The average molecular weight is 473 g/mol. The van der Waals surface area contributed by atoms with E-state index in [1.165, 1.54) is 23.1 Å². The Morgan fingerprint density at radius 1 is 1.06 bits per heavy atom. The molecule has 4 rings (SSSR count). The van der Waals surface area contributed by atoms with E-state index >= 15 is 0 Å². The fourth-order valence-electron chi connectivity index (χ4n) is 3.24. The third-order valence-electron chi connectivity index (χ3n) is 5.01. The lowest BCUT2D eigenvalue weighted by Gasteiger charge is -2.22. The topological polar surface area (TPSA) is 137 Å². The van der Waals surface area contributed by atoms with Crippen LogP contribution in [0.4, 0.5) is 5.69 Å². The molecule has 2 aromatic carbocycles. The molecule has 0 fully saturated rings. The Hall–Kier alpha value is -3.51. The van der Waals surface area contributed by atoms with Crippen molar-refractivity contribution in [2.45, 2.75) is 31.2 Å². The minimum Gasteiger partial charge on any atom is -0.490 e. The van der Waals surface area contributed by atoms with E-state index in [0.29, 0.717) is 42.5 Å². The van der Waals surface area contributed by atoms with E-state index in [1.807, 2.05) is 0 Å². The van der Waals surface area contributed by atoms with Crippen LogP contribution < -0.4 is 19.5 Å². The van der Waals surface area contributed by atoms with E-state index in [2.05, 4.69) is 25.6 Å². The maximum atomic E-state index is 13.0. The van der Waals surface area contributed by atoms with Crippen LogP contribution in [0, 0.1) is 5.92 Å². The summed E-state index contributed by atoms with van der Waals surface area (Å²) in [5.74, 6) is 0.0806. The number of carbonyl (C=O) groups excluding carboxylic acids is 1. The fraction of sp³-hybridized carbons (Fsp3) is 0.333. The largest absolute Gasteiger partial charge is 0.490 e. The molecular formula is C21H24N6O5S.